The zero-order valence-electron chi connectivity index (χ0n) is 9.23. The van der Waals surface area contributed by atoms with E-state index < -0.39 is 22.8 Å². The fraction of sp³-hybridized carbons (Fsp3) is 0.364. The van der Waals surface area contributed by atoms with Gasteiger partial charge in [-0.2, -0.15) is 0 Å². The number of hydrogen-bond acceptors (Lipinski definition) is 3. The number of rotatable bonds is 2. The molecule has 1 aliphatic rings. The van der Waals surface area contributed by atoms with Crippen LogP contribution in [0.1, 0.15) is 24.4 Å². The number of hydrogen-bond donors (Lipinski definition) is 1. The highest BCUT2D eigenvalue weighted by Crippen LogP contribution is 2.29. The Balaban J connectivity index is 2.40. The van der Waals surface area contributed by atoms with E-state index in [2.05, 4.69) is 21.2 Å². The first-order chi connectivity index (χ1) is 8.49. The van der Waals surface area contributed by atoms with Crippen molar-refractivity contribution in [2.45, 2.75) is 24.9 Å². The standard InChI is InChI=1S/C11H10BrFN2O3/c12-6-1-2-8(13)7(5-6)11-9(15(17)18)3-4-10(16)14-11/h1-2,5,9,11H,3-4H2,(H,14,16)/t9-,11+/m0/s1. The van der Waals surface area contributed by atoms with Gasteiger partial charge in [-0.3, -0.25) is 14.9 Å². The lowest BCUT2D eigenvalue weighted by Crippen LogP contribution is -2.45. The third-order valence-corrected chi connectivity index (χ3v) is 3.43. The van der Waals surface area contributed by atoms with Gasteiger partial charge in [0.2, 0.25) is 11.9 Å². The molecule has 0 radical (unpaired) electrons. The molecule has 96 valence electrons. The molecule has 0 saturated carbocycles. The number of benzene rings is 1. The maximum absolute atomic E-state index is 13.7. The van der Waals surface area contributed by atoms with Gasteiger partial charge < -0.3 is 5.32 Å². The number of carbonyl (C=O) groups excluding carboxylic acids is 1. The Hall–Kier alpha value is -1.50. The van der Waals surface area contributed by atoms with Crippen LogP contribution in [0, 0.1) is 15.9 Å². The normalized spacial score (nSPS) is 23.6. The Morgan fingerprint density at radius 3 is 2.89 bits per heavy atom. The molecular weight excluding hydrogens is 307 g/mol. The summed E-state index contributed by atoms with van der Waals surface area (Å²) >= 11 is 3.19. The van der Waals surface area contributed by atoms with Crippen molar-refractivity contribution in [3.8, 4) is 0 Å². The van der Waals surface area contributed by atoms with Crippen molar-refractivity contribution in [2.24, 2.45) is 0 Å². The van der Waals surface area contributed by atoms with Gasteiger partial charge in [0, 0.05) is 27.8 Å². The molecule has 1 saturated heterocycles. The Bertz CT molecular complexity index is 509. The second-order valence-electron chi connectivity index (χ2n) is 4.10. The van der Waals surface area contributed by atoms with Crippen LogP contribution < -0.4 is 5.32 Å². The fourth-order valence-electron chi connectivity index (χ4n) is 2.05. The average molecular weight is 317 g/mol. The third kappa shape index (κ3) is 2.50. The smallest absolute Gasteiger partial charge is 0.237 e. The SMILES string of the molecule is O=C1CC[C@H]([N+](=O)[O-])[C@@H](c2cc(Br)ccc2F)N1. The number of nitrogens with one attached hydrogen (secondary N) is 1. The molecule has 1 aromatic rings. The van der Waals surface area contributed by atoms with Crippen molar-refractivity contribution in [3.63, 3.8) is 0 Å². The highest BCUT2D eigenvalue weighted by Gasteiger charge is 2.39. The zero-order chi connectivity index (χ0) is 13.3. The first-order valence-corrected chi connectivity index (χ1v) is 6.16. The summed E-state index contributed by atoms with van der Waals surface area (Å²) in [6, 6.07) is 2.27. The summed E-state index contributed by atoms with van der Waals surface area (Å²) < 4.78 is 14.3. The second-order valence-corrected chi connectivity index (χ2v) is 5.02. The second kappa shape index (κ2) is 5.01. The van der Waals surface area contributed by atoms with E-state index in [4.69, 9.17) is 0 Å². The van der Waals surface area contributed by atoms with Gasteiger partial charge in [0.25, 0.3) is 0 Å². The van der Waals surface area contributed by atoms with Crippen LogP contribution in [0.2, 0.25) is 0 Å². The molecule has 1 heterocycles. The lowest BCUT2D eigenvalue weighted by atomic mass is 9.92. The number of nitrogens with zero attached hydrogens (tertiary/aromatic N) is 1. The van der Waals surface area contributed by atoms with E-state index >= 15 is 0 Å². The first-order valence-electron chi connectivity index (χ1n) is 5.37. The van der Waals surface area contributed by atoms with Crippen LogP contribution in [0.25, 0.3) is 0 Å². The molecule has 0 unspecified atom stereocenters. The van der Waals surface area contributed by atoms with E-state index in [1.807, 2.05) is 0 Å². The van der Waals surface area contributed by atoms with Gasteiger partial charge in [-0.15, -0.1) is 0 Å². The average Bonchev–Trinajstić information content (AvgIpc) is 2.31. The van der Waals surface area contributed by atoms with Crippen LogP contribution in [0.3, 0.4) is 0 Å². The molecular formula is C11H10BrFN2O3. The highest BCUT2D eigenvalue weighted by molar-refractivity contribution is 9.10. The topological polar surface area (TPSA) is 72.2 Å². The van der Waals surface area contributed by atoms with Crippen molar-refractivity contribution in [1.29, 1.82) is 0 Å². The largest absolute Gasteiger partial charge is 0.342 e. The number of piperidine rings is 1. The third-order valence-electron chi connectivity index (χ3n) is 2.93. The van der Waals surface area contributed by atoms with Crippen LogP contribution in [-0.2, 0) is 4.79 Å². The van der Waals surface area contributed by atoms with Gasteiger partial charge in [-0.25, -0.2) is 4.39 Å². The molecule has 1 amide bonds. The lowest BCUT2D eigenvalue weighted by molar-refractivity contribution is -0.529. The van der Waals surface area contributed by atoms with E-state index in [0.717, 1.165) is 0 Å². The van der Waals surface area contributed by atoms with Crippen LogP contribution >= 0.6 is 15.9 Å². The summed E-state index contributed by atoms with van der Waals surface area (Å²) in [6.45, 7) is 0. The Labute approximate surface area is 111 Å². The number of nitro groups is 1. The summed E-state index contributed by atoms with van der Waals surface area (Å²) in [6.07, 6.45) is 0.215. The summed E-state index contributed by atoms with van der Waals surface area (Å²) in [4.78, 5) is 21.8. The molecule has 0 bridgehead atoms. The van der Waals surface area contributed by atoms with Crippen LogP contribution in [0.15, 0.2) is 22.7 Å². The molecule has 18 heavy (non-hydrogen) atoms. The quantitative estimate of drug-likeness (QED) is 0.671. The lowest BCUT2D eigenvalue weighted by Gasteiger charge is -2.27. The van der Waals surface area contributed by atoms with Gasteiger partial charge in [0.05, 0.1) is 0 Å². The van der Waals surface area contributed by atoms with E-state index in [1.165, 1.54) is 18.2 Å². The molecule has 1 aliphatic heterocycles. The molecule has 1 N–H and O–H groups in total. The van der Waals surface area contributed by atoms with E-state index in [1.54, 1.807) is 0 Å². The molecule has 0 spiro atoms. The van der Waals surface area contributed by atoms with Crippen LogP contribution in [0.4, 0.5) is 4.39 Å². The van der Waals surface area contributed by atoms with Gasteiger partial charge in [-0.1, -0.05) is 15.9 Å². The Morgan fingerprint density at radius 1 is 1.50 bits per heavy atom. The zero-order valence-corrected chi connectivity index (χ0v) is 10.8. The summed E-state index contributed by atoms with van der Waals surface area (Å²) in [5.41, 5.74) is 0.138. The van der Waals surface area contributed by atoms with Gasteiger partial charge in [0.1, 0.15) is 11.9 Å². The molecule has 1 fully saturated rings. The monoisotopic (exact) mass is 316 g/mol. The summed E-state index contributed by atoms with van der Waals surface area (Å²) in [7, 11) is 0. The minimum absolute atomic E-state index is 0.0950. The predicted molar refractivity (Wildman–Crippen MR) is 65.0 cm³/mol. The highest BCUT2D eigenvalue weighted by atomic mass is 79.9. The molecule has 0 aliphatic carbocycles. The Kier molecular flexibility index (Phi) is 3.60. The maximum Gasteiger partial charge on any atom is 0.237 e. The minimum atomic E-state index is -0.994. The summed E-state index contributed by atoms with van der Waals surface area (Å²) in [5.74, 6) is -0.852. The maximum atomic E-state index is 13.7. The van der Waals surface area contributed by atoms with Crippen molar-refractivity contribution < 1.29 is 14.1 Å². The first kappa shape index (κ1) is 12.9. The van der Waals surface area contributed by atoms with Gasteiger partial charge in [0.15, 0.2) is 0 Å². The molecule has 2 atom stereocenters. The molecule has 5 nitrogen and oxygen atoms in total. The predicted octanol–water partition coefficient (Wildman–Crippen LogP) is 2.18. The number of carbonyl (C=O) groups is 1. The van der Waals surface area contributed by atoms with Crippen LogP contribution in [0.5, 0.6) is 0 Å². The van der Waals surface area contributed by atoms with Gasteiger partial charge in [-0.05, 0) is 18.2 Å². The number of halogens is 2. The van der Waals surface area contributed by atoms with Crippen molar-refractivity contribution in [1.82, 2.24) is 5.32 Å². The van der Waals surface area contributed by atoms with Crippen LogP contribution in [-0.4, -0.2) is 16.9 Å². The summed E-state index contributed by atoms with van der Waals surface area (Å²) in [5, 5.41) is 13.5. The molecule has 2 rings (SSSR count). The van der Waals surface area contributed by atoms with Gasteiger partial charge >= 0.3 is 0 Å². The van der Waals surface area contributed by atoms with E-state index in [9.17, 15) is 19.3 Å². The fourth-order valence-corrected chi connectivity index (χ4v) is 2.43. The number of amides is 1. The van der Waals surface area contributed by atoms with Crippen molar-refractivity contribution in [3.05, 3.63) is 44.2 Å². The van der Waals surface area contributed by atoms with E-state index in [0.29, 0.717) is 4.47 Å². The molecule has 0 aromatic heterocycles. The minimum Gasteiger partial charge on any atom is -0.342 e. The molecule has 1 aromatic carbocycles. The Morgan fingerprint density at radius 2 is 2.22 bits per heavy atom. The van der Waals surface area contributed by atoms with Crippen molar-refractivity contribution >= 4 is 21.8 Å². The molecule has 7 heteroatoms. The van der Waals surface area contributed by atoms with Crippen molar-refractivity contribution in [2.75, 3.05) is 0 Å². The van der Waals surface area contributed by atoms with E-state index in [-0.39, 0.29) is 24.3 Å².